The van der Waals surface area contributed by atoms with E-state index in [-0.39, 0.29) is 12.8 Å². The molecular weight excluding hydrogens is 570 g/mol. The molecule has 10 nitrogen and oxygen atoms in total. The zero-order valence-corrected chi connectivity index (χ0v) is 26.7. The number of hydrogen-bond acceptors (Lipinski definition) is 3. The predicted molar refractivity (Wildman–Crippen MR) is 174 cm³/mol. The largest absolute Gasteiger partial charge is 0.481 e. The zero-order valence-electron chi connectivity index (χ0n) is 26.7. The summed E-state index contributed by atoms with van der Waals surface area (Å²) < 4.78 is 0. The lowest BCUT2D eigenvalue weighted by Crippen LogP contribution is -2.26. The van der Waals surface area contributed by atoms with Gasteiger partial charge in [-0.15, -0.1) is 0 Å². The molecule has 8 N–H and O–H groups in total. The molecule has 236 valence electrons. The standard InChI is InChI=1S/C35H41N5O5/c1-7-20-19(6)33-32(35(36)45)34-21(8-2)16(3)26(39-34)13-24-17(4)22(9-11-30(41)42)28(37-24)15-29-23(10-12-31(43)44)18(5)25(38-29)14-27(20)40-33/h13-15,37-40H,7-12H2,1-6H3,(H2,36,45)(H,41,42)(H,43,44). The molecule has 0 aromatic carbocycles. The lowest BCUT2D eigenvalue weighted by atomic mass is 10.0. The van der Waals surface area contributed by atoms with Crippen LogP contribution in [0.2, 0.25) is 0 Å². The number of aromatic amines is 4. The van der Waals surface area contributed by atoms with Crippen molar-refractivity contribution in [2.75, 3.05) is 0 Å². The first-order valence-corrected chi connectivity index (χ1v) is 15.4. The van der Waals surface area contributed by atoms with E-state index in [2.05, 4.69) is 26.9 Å². The van der Waals surface area contributed by atoms with Crippen LogP contribution in [0.25, 0.3) is 23.8 Å². The van der Waals surface area contributed by atoms with Gasteiger partial charge in [0.15, 0.2) is 0 Å². The number of carbonyl (C=O) groups is 3. The fourth-order valence-corrected chi connectivity index (χ4v) is 6.74. The Labute approximate surface area is 260 Å². The molecule has 0 atom stereocenters. The minimum Gasteiger partial charge on any atom is -0.481 e. The van der Waals surface area contributed by atoms with Crippen LogP contribution in [0.5, 0.6) is 0 Å². The maximum Gasteiger partial charge on any atom is 0.303 e. The molecule has 0 radical (unpaired) electrons. The Morgan fingerprint density at radius 1 is 0.622 bits per heavy atom. The van der Waals surface area contributed by atoms with Crippen molar-refractivity contribution in [3.8, 4) is 0 Å². The van der Waals surface area contributed by atoms with Crippen LogP contribution in [0.1, 0.15) is 94.0 Å². The van der Waals surface area contributed by atoms with Crippen molar-refractivity contribution >= 4 is 41.6 Å². The van der Waals surface area contributed by atoms with E-state index >= 15 is 0 Å². The number of rotatable bonds is 9. The van der Waals surface area contributed by atoms with Gasteiger partial charge in [-0.25, -0.2) is 0 Å². The monoisotopic (exact) mass is 611 g/mol. The fraction of sp³-hybridized carbons (Fsp3) is 0.343. The number of primary amides is 1. The maximum atomic E-state index is 13.2. The van der Waals surface area contributed by atoms with Gasteiger partial charge in [-0.2, -0.15) is 0 Å². The van der Waals surface area contributed by atoms with E-state index in [1.54, 1.807) is 0 Å². The number of hydrogen-bond donors (Lipinski definition) is 7. The van der Waals surface area contributed by atoms with E-state index in [1.807, 2.05) is 52.8 Å². The number of carboxylic acid groups (broad SMARTS) is 2. The van der Waals surface area contributed by atoms with Gasteiger partial charge in [0, 0.05) is 46.0 Å². The number of aliphatic carboxylic acids is 2. The SMILES string of the molecule is CCc1c2[nH]c(c1C)C(C(N)=O)=c1[nH]c(c(C)c1CC)=Cc1[nH]c(c(CCC(=O)O)c1C)C=c1[nH]c(c(C)c1CCC(=O)O)=C2. The van der Waals surface area contributed by atoms with Crippen molar-refractivity contribution in [1.82, 2.24) is 19.9 Å². The van der Waals surface area contributed by atoms with Crippen LogP contribution in [0.3, 0.4) is 0 Å². The van der Waals surface area contributed by atoms with Gasteiger partial charge < -0.3 is 35.9 Å². The van der Waals surface area contributed by atoms with Gasteiger partial charge in [0.2, 0.25) is 0 Å². The minimum absolute atomic E-state index is 0.0372. The van der Waals surface area contributed by atoms with E-state index in [0.29, 0.717) is 42.3 Å². The molecule has 0 fully saturated rings. The Morgan fingerprint density at radius 2 is 1.16 bits per heavy atom. The Balaban J connectivity index is 1.98. The van der Waals surface area contributed by atoms with Crippen molar-refractivity contribution in [2.45, 2.75) is 80.1 Å². The number of aromatic nitrogens is 4. The molecule has 1 aliphatic heterocycles. The zero-order chi connectivity index (χ0) is 32.7. The molecule has 4 aromatic heterocycles. The van der Waals surface area contributed by atoms with Crippen LogP contribution in [0.4, 0.5) is 0 Å². The minimum atomic E-state index is -0.890. The molecule has 5 rings (SSSR count). The van der Waals surface area contributed by atoms with Crippen molar-refractivity contribution in [3.63, 3.8) is 0 Å². The molecule has 10 heteroatoms. The van der Waals surface area contributed by atoms with Crippen LogP contribution in [-0.4, -0.2) is 48.0 Å². The molecular formula is C35H41N5O5. The van der Waals surface area contributed by atoms with Crippen LogP contribution >= 0.6 is 0 Å². The first-order valence-electron chi connectivity index (χ1n) is 15.4. The summed E-state index contributed by atoms with van der Waals surface area (Å²) in [5.41, 5.74) is 17.1. The van der Waals surface area contributed by atoms with Gasteiger partial charge in [-0.05, 0) is 116 Å². The topological polar surface area (TPSA) is 181 Å². The van der Waals surface area contributed by atoms with Crippen molar-refractivity contribution < 1.29 is 24.6 Å². The quantitative estimate of drug-likeness (QED) is 0.152. The van der Waals surface area contributed by atoms with Crippen LogP contribution < -0.4 is 27.1 Å². The summed E-state index contributed by atoms with van der Waals surface area (Å²) in [6.07, 6.45) is 7.92. The van der Waals surface area contributed by atoms with E-state index in [0.717, 1.165) is 77.6 Å². The number of carboxylic acids is 2. The second-order valence-electron chi connectivity index (χ2n) is 11.8. The van der Waals surface area contributed by atoms with Crippen molar-refractivity contribution in [2.24, 2.45) is 5.73 Å². The number of carbonyl (C=O) groups excluding carboxylic acids is 1. The highest BCUT2D eigenvalue weighted by Gasteiger charge is 2.23. The van der Waals surface area contributed by atoms with E-state index in [1.165, 1.54) is 0 Å². The molecule has 0 aliphatic carbocycles. The van der Waals surface area contributed by atoms with Crippen LogP contribution in [-0.2, 0) is 40.1 Å². The number of nitrogens with two attached hydrogens (primary N) is 1. The summed E-state index contributed by atoms with van der Waals surface area (Å²) >= 11 is 0. The molecule has 4 aromatic rings. The molecule has 1 aliphatic rings. The van der Waals surface area contributed by atoms with Gasteiger partial charge >= 0.3 is 11.9 Å². The highest BCUT2D eigenvalue weighted by molar-refractivity contribution is 6.18. The van der Waals surface area contributed by atoms with Gasteiger partial charge in [-0.1, -0.05) is 13.8 Å². The number of amides is 1. The molecule has 5 heterocycles. The van der Waals surface area contributed by atoms with E-state index in [9.17, 15) is 24.6 Å². The molecule has 0 spiro atoms. The molecule has 1 amide bonds. The normalized spacial score (nSPS) is 12.4. The third-order valence-corrected chi connectivity index (χ3v) is 9.23. The summed E-state index contributed by atoms with van der Waals surface area (Å²) in [6.45, 7) is 12.1. The highest BCUT2D eigenvalue weighted by Crippen LogP contribution is 2.26. The number of fused-ring (bicyclic) bond motifs is 8. The third kappa shape index (κ3) is 5.68. The summed E-state index contributed by atoms with van der Waals surface area (Å²) in [5, 5.41) is 22.1. The highest BCUT2D eigenvalue weighted by atomic mass is 16.4. The number of nitrogens with one attached hydrogen (secondary N) is 4. The molecule has 0 saturated heterocycles. The second kappa shape index (κ2) is 12.2. The van der Waals surface area contributed by atoms with Crippen molar-refractivity contribution in [3.05, 3.63) is 88.7 Å². The van der Waals surface area contributed by atoms with Gasteiger partial charge in [0.25, 0.3) is 5.91 Å². The first kappa shape index (κ1) is 31.4. The molecule has 0 saturated carbocycles. The summed E-state index contributed by atoms with van der Waals surface area (Å²) in [7, 11) is 0. The fourth-order valence-electron chi connectivity index (χ4n) is 6.74. The Morgan fingerprint density at radius 3 is 1.76 bits per heavy atom. The van der Waals surface area contributed by atoms with Crippen molar-refractivity contribution in [1.29, 1.82) is 0 Å². The van der Waals surface area contributed by atoms with Crippen LogP contribution in [0, 0.1) is 27.7 Å². The summed E-state index contributed by atoms with van der Waals surface area (Å²) in [4.78, 5) is 50.5. The summed E-state index contributed by atoms with van der Waals surface area (Å²) in [5.74, 6) is -2.32. The smallest absolute Gasteiger partial charge is 0.303 e. The van der Waals surface area contributed by atoms with E-state index in [4.69, 9.17) is 5.73 Å². The second-order valence-corrected chi connectivity index (χ2v) is 11.8. The predicted octanol–water partition coefficient (Wildman–Crippen LogP) is 1.88. The number of H-pyrrole nitrogens is 4. The molecule has 8 bridgehead atoms. The molecule has 0 unspecified atom stereocenters. The molecule has 45 heavy (non-hydrogen) atoms. The van der Waals surface area contributed by atoms with Crippen LogP contribution in [0.15, 0.2) is 0 Å². The van der Waals surface area contributed by atoms with Gasteiger partial charge in [-0.3, -0.25) is 14.4 Å². The maximum absolute atomic E-state index is 13.2. The Hall–Kier alpha value is -4.99. The van der Waals surface area contributed by atoms with E-state index < -0.39 is 17.8 Å². The lowest BCUT2D eigenvalue weighted by molar-refractivity contribution is -0.138. The van der Waals surface area contributed by atoms with Gasteiger partial charge in [0.1, 0.15) is 0 Å². The van der Waals surface area contributed by atoms with Gasteiger partial charge in [0.05, 0.1) is 16.6 Å². The first-order chi connectivity index (χ1) is 21.4. The third-order valence-electron chi connectivity index (χ3n) is 9.23. The summed E-state index contributed by atoms with van der Waals surface area (Å²) in [6, 6.07) is 0. The average Bonchev–Trinajstić information content (AvgIpc) is 3.64. The average molecular weight is 612 g/mol. The lowest BCUT2D eigenvalue weighted by Gasteiger charge is -2.05. The Bertz CT molecular complexity index is 2120. The Kier molecular flexibility index (Phi) is 8.51.